The predicted molar refractivity (Wildman–Crippen MR) is 97.2 cm³/mol. The molecule has 1 aliphatic rings. The van der Waals surface area contributed by atoms with Crippen molar-refractivity contribution in [2.45, 2.75) is 6.92 Å². The Hall–Kier alpha value is -2.42. The highest BCUT2D eigenvalue weighted by molar-refractivity contribution is 9.10. The van der Waals surface area contributed by atoms with Gasteiger partial charge in [0.2, 0.25) is 11.4 Å². The zero-order valence-electron chi connectivity index (χ0n) is 13.7. The van der Waals surface area contributed by atoms with Crippen molar-refractivity contribution >= 4 is 33.4 Å². The minimum Gasteiger partial charge on any atom is -0.460 e. The Morgan fingerprint density at radius 2 is 2.00 bits per heavy atom. The molecule has 1 saturated heterocycles. The van der Waals surface area contributed by atoms with Crippen LogP contribution in [-0.4, -0.2) is 53.7 Å². The first-order chi connectivity index (χ1) is 12.1. The number of H-pyrrole nitrogens is 1. The second kappa shape index (κ2) is 7.64. The molecule has 0 aliphatic carbocycles. The summed E-state index contributed by atoms with van der Waals surface area (Å²) in [5.41, 5.74) is 0.868. The average molecular weight is 408 g/mol. The molecule has 2 aromatic rings. The van der Waals surface area contributed by atoms with E-state index in [1.165, 1.54) is 6.07 Å². The van der Waals surface area contributed by atoms with Crippen molar-refractivity contribution in [3.8, 4) is 0 Å². The zero-order valence-corrected chi connectivity index (χ0v) is 15.3. The molecule has 3 heterocycles. The number of halogens is 1. The number of carbonyl (C=O) groups excluding carboxylic acids is 1. The third kappa shape index (κ3) is 3.98. The summed E-state index contributed by atoms with van der Waals surface area (Å²) in [4.78, 5) is 38.4. The molecule has 8 nitrogen and oxygen atoms in total. The van der Waals surface area contributed by atoms with E-state index in [0.29, 0.717) is 5.82 Å². The molecule has 0 bridgehead atoms. The van der Waals surface area contributed by atoms with Gasteiger partial charge in [0.05, 0.1) is 16.8 Å². The van der Waals surface area contributed by atoms with E-state index in [-0.39, 0.29) is 18.0 Å². The Balaban J connectivity index is 1.72. The fraction of sp³-hybridized carbons (Fsp3) is 0.375. The number of nitrogens with zero attached hydrogens (tertiary/aromatic N) is 4. The number of aromatic amines is 1. The van der Waals surface area contributed by atoms with Crippen LogP contribution in [0.3, 0.4) is 0 Å². The molecule has 132 valence electrons. The number of rotatable bonds is 4. The van der Waals surface area contributed by atoms with Gasteiger partial charge in [0, 0.05) is 44.6 Å². The quantitative estimate of drug-likeness (QED) is 0.766. The summed E-state index contributed by atoms with van der Waals surface area (Å²) in [7, 11) is 0. The minimum absolute atomic E-state index is 0.0584. The summed E-state index contributed by atoms with van der Waals surface area (Å²) in [6.45, 7) is 5.04. The fourth-order valence-corrected chi connectivity index (χ4v) is 3.09. The Morgan fingerprint density at radius 3 is 2.64 bits per heavy atom. The van der Waals surface area contributed by atoms with Gasteiger partial charge in [-0.15, -0.1) is 0 Å². The second-order valence-electron chi connectivity index (χ2n) is 5.47. The van der Waals surface area contributed by atoms with E-state index in [9.17, 15) is 9.59 Å². The lowest BCUT2D eigenvalue weighted by Gasteiger charge is -2.36. The first kappa shape index (κ1) is 17.4. The van der Waals surface area contributed by atoms with Crippen molar-refractivity contribution in [3.63, 3.8) is 0 Å². The van der Waals surface area contributed by atoms with Crippen molar-refractivity contribution in [1.82, 2.24) is 15.0 Å². The number of esters is 1. The standard InChI is InChI=1S/C16H18BrN5O3/c1-2-25-16(24)14-19-10-12(17)15(20-14)22-7-5-21(6-8-22)11-3-4-13(23)18-9-11/h3-4,9-10H,2,5-8H2,1H3,(H,18,23). The fourth-order valence-electron chi connectivity index (χ4n) is 2.65. The lowest BCUT2D eigenvalue weighted by molar-refractivity contribution is 0.0512. The largest absolute Gasteiger partial charge is 0.460 e. The molecule has 25 heavy (non-hydrogen) atoms. The van der Waals surface area contributed by atoms with E-state index in [2.05, 4.69) is 40.7 Å². The van der Waals surface area contributed by atoms with Crippen LogP contribution in [0.15, 0.2) is 33.8 Å². The molecule has 3 rings (SSSR count). The van der Waals surface area contributed by atoms with Crippen LogP contribution in [0.5, 0.6) is 0 Å². The monoisotopic (exact) mass is 407 g/mol. The van der Waals surface area contributed by atoms with E-state index < -0.39 is 5.97 Å². The number of carbonyl (C=O) groups is 1. The van der Waals surface area contributed by atoms with Crippen LogP contribution in [0.4, 0.5) is 11.5 Å². The number of hydrogen-bond donors (Lipinski definition) is 1. The van der Waals surface area contributed by atoms with E-state index in [0.717, 1.165) is 36.3 Å². The van der Waals surface area contributed by atoms with Crippen molar-refractivity contribution in [2.24, 2.45) is 0 Å². The van der Waals surface area contributed by atoms with Crippen LogP contribution in [0, 0.1) is 0 Å². The number of anilines is 2. The Morgan fingerprint density at radius 1 is 1.28 bits per heavy atom. The van der Waals surface area contributed by atoms with Gasteiger partial charge < -0.3 is 19.5 Å². The maximum absolute atomic E-state index is 11.8. The topological polar surface area (TPSA) is 91.4 Å². The average Bonchev–Trinajstić information content (AvgIpc) is 2.63. The highest BCUT2D eigenvalue weighted by Gasteiger charge is 2.22. The van der Waals surface area contributed by atoms with Gasteiger partial charge in [-0.25, -0.2) is 14.8 Å². The maximum Gasteiger partial charge on any atom is 0.376 e. The lowest BCUT2D eigenvalue weighted by atomic mass is 10.2. The predicted octanol–water partition coefficient (Wildman–Crippen LogP) is 1.43. The van der Waals surface area contributed by atoms with Crippen LogP contribution in [0.25, 0.3) is 0 Å². The van der Waals surface area contributed by atoms with Gasteiger partial charge in [0.25, 0.3) is 0 Å². The van der Waals surface area contributed by atoms with Crippen LogP contribution in [0.2, 0.25) is 0 Å². The van der Waals surface area contributed by atoms with E-state index in [1.807, 2.05) is 6.07 Å². The number of piperazine rings is 1. The molecule has 1 N–H and O–H groups in total. The van der Waals surface area contributed by atoms with Gasteiger partial charge in [-0.05, 0) is 28.9 Å². The van der Waals surface area contributed by atoms with E-state index in [4.69, 9.17) is 4.74 Å². The molecule has 0 unspecified atom stereocenters. The lowest BCUT2D eigenvalue weighted by Crippen LogP contribution is -2.47. The normalized spacial score (nSPS) is 14.5. The molecule has 9 heteroatoms. The van der Waals surface area contributed by atoms with Crippen molar-refractivity contribution in [1.29, 1.82) is 0 Å². The van der Waals surface area contributed by atoms with E-state index in [1.54, 1.807) is 19.3 Å². The number of hydrogen-bond acceptors (Lipinski definition) is 7. The summed E-state index contributed by atoms with van der Waals surface area (Å²) in [5, 5.41) is 0. The molecular formula is C16H18BrN5O3. The molecule has 0 aromatic carbocycles. The molecule has 1 fully saturated rings. The third-order valence-corrected chi connectivity index (χ3v) is 4.46. The highest BCUT2D eigenvalue weighted by Crippen LogP contribution is 2.25. The highest BCUT2D eigenvalue weighted by atomic mass is 79.9. The second-order valence-corrected chi connectivity index (χ2v) is 6.33. The van der Waals surface area contributed by atoms with Gasteiger partial charge >= 0.3 is 5.97 Å². The van der Waals surface area contributed by atoms with Crippen LogP contribution in [-0.2, 0) is 4.74 Å². The molecule has 0 radical (unpaired) electrons. The summed E-state index contributed by atoms with van der Waals surface area (Å²) >= 11 is 3.45. The molecule has 2 aromatic heterocycles. The molecule has 1 aliphatic heterocycles. The van der Waals surface area contributed by atoms with E-state index >= 15 is 0 Å². The third-order valence-electron chi connectivity index (χ3n) is 3.90. The first-order valence-electron chi connectivity index (χ1n) is 7.96. The van der Waals surface area contributed by atoms with Gasteiger partial charge in [-0.1, -0.05) is 0 Å². The first-order valence-corrected chi connectivity index (χ1v) is 8.76. The van der Waals surface area contributed by atoms with Crippen LogP contribution >= 0.6 is 15.9 Å². The molecule has 0 saturated carbocycles. The Labute approximate surface area is 153 Å². The number of aromatic nitrogens is 3. The Bertz CT molecular complexity index is 797. The van der Waals surface area contributed by atoms with Crippen molar-refractivity contribution < 1.29 is 9.53 Å². The van der Waals surface area contributed by atoms with Crippen molar-refractivity contribution in [2.75, 3.05) is 42.6 Å². The maximum atomic E-state index is 11.8. The van der Waals surface area contributed by atoms with Gasteiger partial charge in [0.1, 0.15) is 5.82 Å². The molecular weight excluding hydrogens is 390 g/mol. The molecule has 0 atom stereocenters. The molecule has 0 spiro atoms. The van der Waals surface area contributed by atoms with Gasteiger partial charge in [-0.2, -0.15) is 0 Å². The minimum atomic E-state index is -0.525. The smallest absolute Gasteiger partial charge is 0.376 e. The van der Waals surface area contributed by atoms with Gasteiger partial charge in [0.15, 0.2) is 0 Å². The summed E-state index contributed by atoms with van der Waals surface area (Å²) in [6.07, 6.45) is 3.29. The summed E-state index contributed by atoms with van der Waals surface area (Å²) < 4.78 is 5.69. The number of ether oxygens (including phenoxy) is 1. The van der Waals surface area contributed by atoms with Crippen molar-refractivity contribution in [3.05, 3.63) is 45.2 Å². The van der Waals surface area contributed by atoms with Crippen LogP contribution < -0.4 is 15.4 Å². The zero-order chi connectivity index (χ0) is 17.8. The van der Waals surface area contributed by atoms with Crippen LogP contribution in [0.1, 0.15) is 17.5 Å². The van der Waals surface area contributed by atoms with Gasteiger partial charge in [-0.3, -0.25) is 4.79 Å². The summed E-state index contributed by atoms with van der Waals surface area (Å²) in [5.74, 6) is 0.213. The summed E-state index contributed by atoms with van der Waals surface area (Å²) in [6, 6.07) is 3.34. The SMILES string of the molecule is CCOC(=O)c1ncc(Br)c(N2CCN(c3ccc(=O)[nH]c3)CC2)n1. The number of nitrogens with one attached hydrogen (secondary N) is 1. The number of pyridine rings is 1. The Kier molecular flexibility index (Phi) is 5.32. The molecule has 0 amide bonds.